The minimum absolute atomic E-state index is 0.571. The van der Waals surface area contributed by atoms with Gasteiger partial charge in [0.15, 0.2) is 0 Å². The average Bonchev–Trinajstić information content (AvgIpc) is 2.68. The number of rotatable bonds is 2. The molecule has 1 aromatic heterocycles. The molecule has 0 saturated carbocycles. The SMILES string of the molecule is CC(C)c1csc(C2CSCCS2)n1. The van der Waals surface area contributed by atoms with E-state index in [9.17, 15) is 0 Å². The third-order valence-electron chi connectivity index (χ3n) is 2.22. The number of aromatic nitrogens is 1. The Morgan fingerprint density at radius 1 is 1.43 bits per heavy atom. The molecule has 14 heavy (non-hydrogen) atoms. The van der Waals surface area contributed by atoms with E-state index in [2.05, 4.69) is 42.8 Å². The molecule has 1 saturated heterocycles. The molecule has 2 heterocycles. The lowest BCUT2D eigenvalue weighted by Gasteiger charge is -2.18. The van der Waals surface area contributed by atoms with Gasteiger partial charge in [0.05, 0.1) is 10.9 Å². The summed E-state index contributed by atoms with van der Waals surface area (Å²) in [5.74, 6) is 4.41. The molecular formula is C10H15NS3. The minimum atomic E-state index is 0.571. The van der Waals surface area contributed by atoms with Crippen molar-refractivity contribution in [3.63, 3.8) is 0 Å². The summed E-state index contributed by atoms with van der Waals surface area (Å²) in [5.41, 5.74) is 1.26. The zero-order chi connectivity index (χ0) is 9.97. The lowest BCUT2D eigenvalue weighted by Crippen LogP contribution is -2.06. The largest absolute Gasteiger partial charge is 0.245 e. The Morgan fingerprint density at radius 3 is 2.86 bits per heavy atom. The Balaban J connectivity index is 2.07. The van der Waals surface area contributed by atoms with E-state index in [0.717, 1.165) is 0 Å². The van der Waals surface area contributed by atoms with Crippen LogP contribution in [0.15, 0.2) is 5.38 Å². The van der Waals surface area contributed by atoms with Gasteiger partial charge in [-0.2, -0.15) is 11.8 Å². The first kappa shape index (κ1) is 10.8. The van der Waals surface area contributed by atoms with Crippen LogP contribution in [0.5, 0.6) is 0 Å². The van der Waals surface area contributed by atoms with Crippen molar-refractivity contribution < 1.29 is 0 Å². The van der Waals surface area contributed by atoms with Crippen LogP contribution < -0.4 is 0 Å². The first-order valence-corrected chi connectivity index (χ1v) is 8.00. The summed E-state index contributed by atoms with van der Waals surface area (Å²) >= 11 is 5.97. The van der Waals surface area contributed by atoms with Crippen LogP contribution in [-0.4, -0.2) is 22.2 Å². The van der Waals surface area contributed by atoms with Crippen molar-refractivity contribution in [3.05, 3.63) is 16.1 Å². The van der Waals surface area contributed by atoms with Crippen molar-refractivity contribution in [2.75, 3.05) is 17.3 Å². The first-order valence-electron chi connectivity index (χ1n) is 4.92. The maximum Gasteiger partial charge on any atom is 0.107 e. The zero-order valence-corrected chi connectivity index (χ0v) is 11.0. The number of thiazole rings is 1. The molecule has 0 amide bonds. The lowest BCUT2D eigenvalue weighted by molar-refractivity contribution is 0.822. The van der Waals surface area contributed by atoms with Crippen LogP contribution in [0.4, 0.5) is 0 Å². The molecule has 1 unspecified atom stereocenters. The third kappa shape index (κ3) is 2.47. The van der Waals surface area contributed by atoms with Crippen molar-refractivity contribution in [1.82, 2.24) is 4.98 Å². The second-order valence-corrected chi connectivity index (χ2v) is 7.05. The highest BCUT2D eigenvalue weighted by molar-refractivity contribution is 8.06. The van der Waals surface area contributed by atoms with E-state index in [0.29, 0.717) is 11.2 Å². The molecule has 0 radical (unpaired) electrons. The average molecular weight is 245 g/mol. The second kappa shape index (κ2) is 4.90. The van der Waals surface area contributed by atoms with E-state index < -0.39 is 0 Å². The molecule has 1 aliphatic heterocycles. The molecule has 1 nitrogen and oxygen atoms in total. The van der Waals surface area contributed by atoms with Gasteiger partial charge in [0.1, 0.15) is 5.01 Å². The maximum atomic E-state index is 4.72. The quantitative estimate of drug-likeness (QED) is 0.787. The summed E-state index contributed by atoms with van der Waals surface area (Å²) in [4.78, 5) is 4.72. The van der Waals surface area contributed by atoms with Crippen LogP contribution in [0.1, 0.15) is 35.7 Å². The van der Waals surface area contributed by atoms with Crippen LogP contribution in [0.2, 0.25) is 0 Å². The van der Waals surface area contributed by atoms with Crippen LogP contribution >= 0.6 is 34.9 Å². The Hall–Kier alpha value is 0.330. The van der Waals surface area contributed by atoms with Crippen molar-refractivity contribution in [1.29, 1.82) is 0 Å². The molecule has 0 aromatic carbocycles. The second-order valence-electron chi connectivity index (χ2n) is 3.70. The van der Waals surface area contributed by atoms with Gasteiger partial charge >= 0.3 is 0 Å². The highest BCUT2D eigenvalue weighted by Crippen LogP contribution is 2.38. The Bertz CT molecular complexity index is 289. The van der Waals surface area contributed by atoms with E-state index in [1.165, 1.54) is 28.0 Å². The molecule has 1 atom stereocenters. The predicted molar refractivity (Wildman–Crippen MR) is 68.7 cm³/mol. The van der Waals surface area contributed by atoms with E-state index >= 15 is 0 Å². The summed E-state index contributed by atoms with van der Waals surface area (Å²) in [6.07, 6.45) is 0. The van der Waals surface area contributed by atoms with Gasteiger partial charge in [-0.15, -0.1) is 23.1 Å². The fraction of sp³-hybridized carbons (Fsp3) is 0.700. The normalized spacial score (nSPS) is 22.9. The maximum absolute atomic E-state index is 4.72. The summed E-state index contributed by atoms with van der Waals surface area (Å²) in [5, 5.41) is 4.22. The molecule has 1 fully saturated rings. The van der Waals surface area contributed by atoms with Crippen LogP contribution in [0.3, 0.4) is 0 Å². The van der Waals surface area contributed by atoms with Gasteiger partial charge in [0.2, 0.25) is 0 Å². The highest BCUT2D eigenvalue weighted by Gasteiger charge is 2.19. The molecule has 4 heteroatoms. The van der Waals surface area contributed by atoms with E-state index in [4.69, 9.17) is 4.98 Å². The number of hydrogen-bond acceptors (Lipinski definition) is 4. The molecule has 1 aliphatic rings. The minimum Gasteiger partial charge on any atom is -0.245 e. The van der Waals surface area contributed by atoms with Gasteiger partial charge in [0, 0.05) is 22.6 Å². The van der Waals surface area contributed by atoms with Crippen LogP contribution in [-0.2, 0) is 0 Å². The third-order valence-corrected chi connectivity index (χ3v) is 6.11. The van der Waals surface area contributed by atoms with Gasteiger partial charge in [-0.3, -0.25) is 0 Å². The molecule has 1 aromatic rings. The zero-order valence-electron chi connectivity index (χ0n) is 8.53. The highest BCUT2D eigenvalue weighted by atomic mass is 32.2. The summed E-state index contributed by atoms with van der Waals surface area (Å²) in [6.45, 7) is 4.42. The van der Waals surface area contributed by atoms with Crippen molar-refractivity contribution in [2.45, 2.75) is 25.0 Å². The number of nitrogens with zero attached hydrogens (tertiary/aromatic N) is 1. The van der Waals surface area contributed by atoms with Crippen LogP contribution in [0, 0.1) is 0 Å². The van der Waals surface area contributed by atoms with Gasteiger partial charge in [-0.05, 0) is 5.92 Å². The van der Waals surface area contributed by atoms with Crippen molar-refractivity contribution in [3.8, 4) is 0 Å². The molecule has 78 valence electrons. The van der Waals surface area contributed by atoms with Gasteiger partial charge in [0.25, 0.3) is 0 Å². The molecule has 0 bridgehead atoms. The van der Waals surface area contributed by atoms with Crippen molar-refractivity contribution in [2.24, 2.45) is 0 Å². The lowest BCUT2D eigenvalue weighted by atomic mass is 10.2. The fourth-order valence-electron chi connectivity index (χ4n) is 1.34. The topological polar surface area (TPSA) is 12.9 Å². The number of hydrogen-bond donors (Lipinski definition) is 0. The molecule has 0 aliphatic carbocycles. The molecular weight excluding hydrogens is 230 g/mol. The smallest absolute Gasteiger partial charge is 0.107 e. The summed E-state index contributed by atoms with van der Waals surface area (Å²) < 4.78 is 0. The standard InChI is InChI=1S/C10H15NS3/c1-7(2)8-5-14-10(11-8)9-6-12-3-4-13-9/h5,7,9H,3-4,6H2,1-2H3. The van der Waals surface area contributed by atoms with Gasteiger partial charge in [-0.1, -0.05) is 13.8 Å². The number of thioether (sulfide) groups is 2. The van der Waals surface area contributed by atoms with E-state index in [1.54, 1.807) is 0 Å². The summed E-state index contributed by atoms with van der Waals surface area (Å²) in [7, 11) is 0. The molecule has 0 N–H and O–H groups in total. The Labute approximate surface area is 98.1 Å². The van der Waals surface area contributed by atoms with Crippen molar-refractivity contribution >= 4 is 34.9 Å². The van der Waals surface area contributed by atoms with Gasteiger partial charge < -0.3 is 0 Å². The first-order chi connectivity index (χ1) is 6.77. The van der Waals surface area contributed by atoms with Gasteiger partial charge in [-0.25, -0.2) is 4.98 Å². The summed E-state index contributed by atoms with van der Waals surface area (Å²) in [6, 6.07) is 0. The monoisotopic (exact) mass is 245 g/mol. The molecule has 0 spiro atoms. The Kier molecular flexibility index (Phi) is 3.79. The van der Waals surface area contributed by atoms with E-state index in [-0.39, 0.29) is 0 Å². The predicted octanol–water partition coefficient (Wildman–Crippen LogP) is 3.79. The molecule has 2 rings (SSSR count). The fourth-order valence-corrected chi connectivity index (χ4v) is 5.33. The van der Waals surface area contributed by atoms with Crippen LogP contribution in [0.25, 0.3) is 0 Å². The van der Waals surface area contributed by atoms with E-state index in [1.807, 2.05) is 11.3 Å². The Morgan fingerprint density at radius 2 is 2.29 bits per heavy atom.